The van der Waals surface area contributed by atoms with Crippen LogP contribution in [0.15, 0.2) is 24.3 Å². The van der Waals surface area contributed by atoms with E-state index >= 15 is 0 Å². The molecular weight excluding hydrogens is 260 g/mol. The molecule has 3 nitrogen and oxygen atoms in total. The van der Waals surface area contributed by atoms with Crippen molar-refractivity contribution in [2.24, 2.45) is 23.6 Å². The summed E-state index contributed by atoms with van der Waals surface area (Å²) in [4.78, 5) is 0. The van der Waals surface area contributed by atoms with Crippen molar-refractivity contribution in [3.05, 3.63) is 29.8 Å². The molecule has 21 heavy (non-hydrogen) atoms. The van der Waals surface area contributed by atoms with E-state index in [1.807, 2.05) is 0 Å². The number of para-hydroxylation sites is 1. The lowest BCUT2D eigenvalue weighted by Gasteiger charge is -2.35. The van der Waals surface area contributed by atoms with Crippen LogP contribution in [-0.4, -0.2) is 12.6 Å². The van der Waals surface area contributed by atoms with Crippen LogP contribution in [0.1, 0.15) is 50.0 Å². The zero-order chi connectivity index (χ0) is 14.2. The molecule has 0 saturated heterocycles. The number of benzene rings is 1. The third-order valence-corrected chi connectivity index (χ3v) is 6.15. The van der Waals surface area contributed by atoms with E-state index in [-0.39, 0.29) is 0 Å². The van der Waals surface area contributed by atoms with Crippen LogP contribution in [0.5, 0.6) is 5.75 Å². The molecule has 0 spiro atoms. The van der Waals surface area contributed by atoms with Crippen molar-refractivity contribution >= 4 is 0 Å². The van der Waals surface area contributed by atoms with Crippen LogP contribution in [0.4, 0.5) is 0 Å². The van der Waals surface area contributed by atoms with Crippen LogP contribution in [0.3, 0.4) is 0 Å². The Labute approximate surface area is 127 Å². The van der Waals surface area contributed by atoms with Gasteiger partial charge < -0.3 is 4.74 Å². The fraction of sp³-hybridized carbons (Fsp3) is 0.667. The molecule has 0 amide bonds. The Bertz CT molecular complexity index is 504. The quantitative estimate of drug-likeness (QED) is 0.660. The number of hydrogen-bond acceptors (Lipinski definition) is 3. The Balaban J connectivity index is 1.51. The minimum atomic E-state index is 0.388. The first-order valence-electron chi connectivity index (χ1n) is 8.53. The van der Waals surface area contributed by atoms with Crippen molar-refractivity contribution in [3.63, 3.8) is 0 Å². The highest BCUT2D eigenvalue weighted by Crippen LogP contribution is 2.51. The molecule has 0 aromatic heterocycles. The lowest BCUT2D eigenvalue weighted by Crippen LogP contribution is -2.43. The van der Waals surface area contributed by atoms with Gasteiger partial charge in [-0.15, -0.1) is 0 Å². The van der Waals surface area contributed by atoms with Crippen molar-refractivity contribution in [2.75, 3.05) is 6.61 Å². The molecule has 3 heteroatoms. The van der Waals surface area contributed by atoms with Crippen LogP contribution in [0.25, 0.3) is 0 Å². The minimum Gasteiger partial charge on any atom is -0.493 e. The number of hydrazine groups is 1. The normalized spacial score (nSPS) is 35.3. The summed E-state index contributed by atoms with van der Waals surface area (Å²) in [6.45, 7) is 0.816. The smallest absolute Gasteiger partial charge is 0.122 e. The highest BCUT2D eigenvalue weighted by molar-refractivity contribution is 5.38. The predicted molar refractivity (Wildman–Crippen MR) is 84.0 cm³/mol. The van der Waals surface area contributed by atoms with Crippen LogP contribution in [0, 0.1) is 17.8 Å². The van der Waals surface area contributed by atoms with Gasteiger partial charge >= 0.3 is 0 Å². The minimum absolute atomic E-state index is 0.388. The summed E-state index contributed by atoms with van der Waals surface area (Å²) in [6, 6.07) is 8.87. The maximum Gasteiger partial charge on any atom is 0.122 e. The lowest BCUT2D eigenvalue weighted by atomic mass is 9.78. The highest BCUT2D eigenvalue weighted by atomic mass is 16.5. The van der Waals surface area contributed by atoms with Crippen molar-refractivity contribution in [1.29, 1.82) is 0 Å². The molecule has 2 fully saturated rings. The molecule has 2 aliphatic carbocycles. The van der Waals surface area contributed by atoms with E-state index in [9.17, 15) is 0 Å². The number of ether oxygens (including phenoxy) is 1. The molecule has 3 N–H and O–H groups in total. The van der Waals surface area contributed by atoms with Crippen LogP contribution < -0.4 is 16.0 Å². The average molecular weight is 286 g/mol. The summed E-state index contributed by atoms with van der Waals surface area (Å²) >= 11 is 0. The van der Waals surface area contributed by atoms with Gasteiger partial charge in [-0.05, 0) is 61.5 Å². The number of nitrogens with two attached hydrogens (primary N) is 1. The summed E-state index contributed by atoms with van der Waals surface area (Å²) in [5.41, 5.74) is 4.49. The lowest BCUT2D eigenvalue weighted by molar-refractivity contribution is 0.214. The van der Waals surface area contributed by atoms with Gasteiger partial charge in [0.25, 0.3) is 0 Å². The molecule has 0 radical (unpaired) electrons. The predicted octanol–water partition coefficient (Wildman–Crippen LogP) is 3.21. The molecule has 1 heterocycles. The first-order valence-corrected chi connectivity index (χ1v) is 8.53. The van der Waals surface area contributed by atoms with E-state index in [4.69, 9.17) is 10.6 Å². The van der Waals surface area contributed by atoms with Gasteiger partial charge in [0.1, 0.15) is 5.75 Å². The number of nitrogens with one attached hydrogen (secondary N) is 1. The van der Waals surface area contributed by atoms with Gasteiger partial charge in [0.2, 0.25) is 0 Å². The third-order valence-electron chi connectivity index (χ3n) is 6.15. The largest absolute Gasteiger partial charge is 0.493 e. The van der Waals surface area contributed by atoms with Crippen LogP contribution >= 0.6 is 0 Å². The monoisotopic (exact) mass is 286 g/mol. The Kier molecular flexibility index (Phi) is 3.64. The molecule has 1 aliphatic heterocycles. The van der Waals surface area contributed by atoms with Crippen molar-refractivity contribution < 1.29 is 4.74 Å². The fourth-order valence-electron chi connectivity index (χ4n) is 5.13. The summed E-state index contributed by atoms with van der Waals surface area (Å²) in [5, 5.41) is 0. The number of hydrogen-bond donors (Lipinski definition) is 2. The Morgan fingerprint density at radius 2 is 2.10 bits per heavy atom. The molecule has 114 valence electrons. The third kappa shape index (κ3) is 2.47. The molecular formula is C18H26N2O. The second kappa shape index (κ2) is 5.62. The molecule has 1 aromatic rings. The zero-order valence-corrected chi connectivity index (χ0v) is 12.6. The maximum atomic E-state index is 5.95. The van der Waals surface area contributed by atoms with Gasteiger partial charge in [-0.2, -0.15) is 0 Å². The fourth-order valence-corrected chi connectivity index (χ4v) is 5.13. The van der Waals surface area contributed by atoms with Crippen LogP contribution in [0.2, 0.25) is 0 Å². The number of rotatable bonds is 4. The Morgan fingerprint density at radius 1 is 1.19 bits per heavy atom. The summed E-state index contributed by atoms with van der Waals surface area (Å²) in [6.07, 6.45) is 8.16. The second-order valence-electron chi connectivity index (χ2n) is 7.23. The van der Waals surface area contributed by atoms with Crippen LogP contribution in [-0.2, 0) is 0 Å². The average Bonchev–Trinajstić information content (AvgIpc) is 3.15. The standard InChI is InChI=1S/C18H26N2O/c19-20-17(11-14-10-12-5-6-13(14)9-12)15-7-8-21-18-4-2-1-3-16(15)18/h1-4,12-15,17,20H,5-11,19H2. The summed E-state index contributed by atoms with van der Waals surface area (Å²) in [5.74, 6) is 10.4. The molecule has 4 rings (SSSR count). The van der Waals surface area contributed by atoms with Gasteiger partial charge in [-0.25, -0.2) is 0 Å². The van der Waals surface area contributed by atoms with Gasteiger partial charge in [0, 0.05) is 12.0 Å². The first-order chi connectivity index (χ1) is 10.3. The second-order valence-corrected chi connectivity index (χ2v) is 7.23. The maximum absolute atomic E-state index is 5.95. The topological polar surface area (TPSA) is 47.3 Å². The highest BCUT2D eigenvalue weighted by Gasteiger charge is 2.41. The molecule has 3 aliphatic rings. The van der Waals surface area contributed by atoms with Gasteiger partial charge in [-0.1, -0.05) is 24.6 Å². The van der Waals surface area contributed by atoms with E-state index in [0.29, 0.717) is 12.0 Å². The first kappa shape index (κ1) is 13.6. The van der Waals surface area contributed by atoms with Gasteiger partial charge in [-0.3, -0.25) is 11.3 Å². The van der Waals surface area contributed by atoms with E-state index in [2.05, 4.69) is 29.7 Å². The van der Waals surface area contributed by atoms with Gasteiger partial charge in [0.05, 0.1) is 6.61 Å². The number of fused-ring (bicyclic) bond motifs is 3. The van der Waals surface area contributed by atoms with Crippen molar-refractivity contribution in [1.82, 2.24) is 5.43 Å². The molecule has 2 bridgehead atoms. The van der Waals surface area contributed by atoms with Gasteiger partial charge in [0.15, 0.2) is 0 Å². The summed E-state index contributed by atoms with van der Waals surface area (Å²) in [7, 11) is 0. The Hall–Kier alpha value is -1.06. The SMILES string of the molecule is NNC(CC1CC2CCC1C2)C1CCOc2ccccc21. The molecule has 5 atom stereocenters. The molecule has 1 aromatic carbocycles. The van der Waals surface area contributed by atoms with E-state index < -0.39 is 0 Å². The van der Waals surface area contributed by atoms with E-state index in [1.165, 1.54) is 37.7 Å². The summed E-state index contributed by atoms with van der Waals surface area (Å²) < 4.78 is 5.80. The zero-order valence-electron chi connectivity index (χ0n) is 12.6. The molecule has 5 unspecified atom stereocenters. The van der Waals surface area contributed by atoms with Crippen molar-refractivity contribution in [2.45, 2.75) is 50.5 Å². The van der Waals surface area contributed by atoms with Crippen molar-refractivity contribution in [3.8, 4) is 5.75 Å². The van der Waals surface area contributed by atoms with E-state index in [1.54, 1.807) is 0 Å². The molecule has 2 saturated carbocycles. The van der Waals surface area contributed by atoms with E-state index in [0.717, 1.165) is 36.5 Å². The Morgan fingerprint density at radius 3 is 2.86 bits per heavy atom.